The van der Waals surface area contributed by atoms with Crippen molar-refractivity contribution in [3.05, 3.63) is 41.0 Å². The number of aromatic nitrogens is 3. The lowest BCUT2D eigenvalue weighted by Crippen LogP contribution is -2.12. The van der Waals surface area contributed by atoms with Gasteiger partial charge in [0.15, 0.2) is 0 Å². The summed E-state index contributed by atoms with van der Waals surface area (Å²) in [5.41, 5.74) is 8.11. The normalized spacial score (nSPS) is 11.0. The van der Waals surface area contributed by atoms with Crippen LogP contribution in [0.5, 0.6) is 0 Å². The van der Waals surface area contributed by atoms with Gasteiger partial charge in [0.05, 0.1) is 11.3 Å². The lowest BCUT2D eigenvalue weighted by molar-refractivity contribution is 0.432. The van der Waals surface area contributed by atoms with Crippen LogP contribution in [0.4, 0.5) is 11.5 Å². The average Bonchev–Trinajstić information content (AvgIpc) is 2.99. The number of hydrogen-bond acceptors (Lipinski definition) is 6. The Bertz CT molecular complexity index is 831. The molecule has 7 heteroatoms. The molecule has 0 unspecified atom stereocenters. The van der Waals surface area contributed by atoms with E-state index in [-0.39, 0.29) is 6.04 Å². The Kier molecular flexibility index (Phi) is 4.29. The fourth-order valence-electron chi connectivity index (χ4n) is 2.09. The van der Waals surface area contributed by atoms with Gasteiger partial charge >= 0.3 is 0 Å². The number of pyridine rings is 1. The first-order chi connectivity index (χ1) is 11.0. The molecular formula is C16H16BrN5O. The molecule has 2 aromatic heterocycles. The largest absolute Gasteiger partial charge is 0.396 e. The smallest absolute Gasteiger partial charge is 0.259 e. The molecule has 3 rings (SSSR count). The summed E-state index contributed by atoms with van der Waals surface area (Å²) in [7, 11) is 0. The van der Waals surface area contributed by atoms with Crippen molar-refractivity contribution in [2.75, 3.05) is 11.1 Å². The first-order valence-corrected chi connectivity index (χ1v) is 7.95. The maximum atomic E-state index is 6.03. The van der Waals surface area contributed by atoms with Gasteiger partial charge in [-0.2, -0.15) is 4.98 Å². The summed E-state index contributed by atoms with van der Waals surface area (Å²) in [4.78, 5) is 8.74. The molecule has 0 fully saturated rings. The molecule has 1 aromatic carbocycles. The zero-order valence-electron chi connectivity index (χ0n) is 12.7. The van der Waals surface area contributed by atoms with Crippen LogP contribution < -0.4 is 11.1 Å². The highest BCUT2D eigenvalue weighted by Gasteiger charge is 2.14. The number of halogens is 1. The first kappa shape index (κ1) is 15.5. The van der Waals surface area contributed by atoms with E-state index in [4.69, 9.17) is 10.3 Å². The lowest BCUT2D eigenvalue weighted by Gasteiger charge is -2.11. The Morgan fingerprint density at radius 3 is 2.74 bits per heavy atom. The highest BCUT2D eigenvalue weighted by atomic mass is 79.9. The third kappa shape index (κ3) is 3.34. The molecule has 2 heterocycles. The molecule has 3 aromatic rings. The Hall–Kier alpha value is -2.41. The molecule has 0 aliphatic rings. The van der Waals surface area contributed by atoms with E-state index in [2.05, 4.69) is 36.4 Å². The van der Waals surface area contributed by atoms with Crippen LogP contribution in [0.2, 0.25) is 0 Å². The van der Waals surface area contributed by atoms with Crippen LogP contribution in [0.1, 0.15) is 13.8 Å². The SMILES string of the molecule is CC(C)Nc1ncc(-c2nc(-c3ccccc3Br)no2)cc1N. The second-order valence-corrected chi connectivity index (χ2v) is 6.22. The number of nitrogens with two attached hydrogens (primary N) is 1. The summed E-state index contributed by atoms with van der Waals surface area (Å²) >= 11 is 3.48. The van der Waals surface area contributed by atoms with Crippen LogP contribution in [0, 0.1) is 0 Å². The predicted octanol–water partition coefficient (Wildman–Crippen LogP) is 3.96. The maximum absolute atomic E-state index is 6.03. The van der Waals surface area contributed by atoms with Crippen LogP contribution in [0.3, 0.4) is 0 Å². The quantitative estimate of drug-likeness (QED) is 0.718. The van der Waals surface area contributed by atoms with Crippen LogP contribution >= 0.6 is 15.9 Å². The van der Waals surface area contributed by atoms with Crippen molar-refractivity contribution >= 4 is 27.4 Å². The van der Waals surface area contributed by atoms with Gasteiger partial charge in [-0.1, -0.05) is 33.2 Å². The molecular weight excluding hydrogens is 358 g/mol. The number of benzene rings is 1. The van der Waals surface area contributed by atoms with Gasteiger partial charge in [0.2, 0.25) is 5.82 Å². The van der Waals surface area contributed by atoms with Crippen molar-refractivity contribution in [1.29, 1.82) is 0 Å². The molecule has 0 atom stereocenters. The van der Waals surface area contributed by atoms with E-state index in [0.29, 0.717) is 28.8 Å². The minimum atomic E-state index is 0.251. The standard InChI is InChI=1S/C16H16BrN5O/c1-9(2)20-15-13(18)7-10(8-19-15)16-21-14(22-23-16)11-5-3-4-6-12(11)17/h3-9H,18H2,1-2H3,(H,19,20). The van der Waals surface area contributed by atoms with E-state index < -0.39 is 0 Å². The number of nitrogens with zero attached hydrogens (tertiary/aromatic N) is 3. The Labute approximate surface area is 142 Å². The molecule has 0 saturated heterocycles. The molecule has 0 bridgehead atoms. The van der Waals surface area contributed by atoms with Gasteiger partial charge in [-0.05, 0) is 32.0 Å². The third-order valence-electron chi connectivity index (χ3n) is 3.13. The van der Waals surface area contributed by atoms with E-state index in [1.165, 1.54) is 0 Å². The number of hydrogen-bond donors (Lipinski definition) is 2. The van der Waals surface area contributed by atoms with Gasteiger partial charge < -0.3 is 15.6 Å². The van der Waals surface area contributed by atoms with Gasteiger partial charge in [-0.3, -0.25) is 0 Å². The molecule has 3 N–H and O–H groups in total. The number of nitrogen functional groups attached to an aromatic ring is 1. The van der Waals surface area contributed by atoms with Crippen molar-refractivity contribution < 1.29 is 4.52 Å². The first-order valence-electron chi connectivity index (χ1n) is 7.15. The lowest BCUT2D eigenvalue weighted by atomic mass is 10.2. The van der Waals surface area contributed by atoms with E-state index in [1.807, 2.05) is 38.1 Å². The van der Waals surface area contributed by atoms with E-state index in [0.717, 1.165) is 10.0 Å². The zero-order chi connectivity index (χ0) is 16.4. The van der Waals surface area contributed by atoms with Crippen molar-refractivity contribution in [2.24, 2.45) is 0 Å². The Balaban J connectivity index is 1.92. The summed E-state index contributed by atoms with van der Waals surface area (Å²) in [6.45, 7) is 4.05. The van der Waals surface area contributed by atoms with Gasteiger partial charge in [0.25, 0.3) is 5.89 Å². The van der Waals surface area contributed by atoms with E-state index >= 15 is 0 Å². The fraction of sp³-hybridized carbons (Fsp3) is 0.188. The molecule has 0 aliphatic heterocycles. The van der Waals surface area contributed by atoms with Gasteiger partial charge in [0.1, 0.15) is 5.82 Å². The van der Waals surface area contributed by atoms with Gasteiger partial charge in [-0.15, -0.1) is 0 Å². The molecule has 0 aliphatic carbocycles. The monoisotopic (exact) mass is 373 g/mol. The van der Waals surface area contributed by atoms with Gasteiger partial charge in [-0.25, -0.2) is 4.98 Å². The molecule has 0 radical (unpaired) electrons. The number of anilines is 2. The molecule has 6 nitrogen and oxygen atoms in total. The van der Waals surface area contributed by atoms with Crippen molar-refractivity contribution in [3.63, 3.8) is 0 Å². The third-order valence-corrected chi connectivity index (χ3v) is 3.82. The van der Waals surface area contributed by atoms with Crippen molar-refractivity contribution in [1.82, 2.24) is 15.1 Å². The molecule has 0 amide bonds. The number of nitrogens with one attached hydrogen (secondary N) is 1. The second-order valence-electron chi connectivity index (χ2n) is 5.36. The Morgan fingerprint density at radius 2 is 2.04 bits per heavy atom. The zero-order valence-corrected chi connectivity index (χ0v) is 14.3. The minimum absolute atomic E-state index is 0.251. The highest BCUT2D eigenvalue weighted by molar-refractivity contribution is 9.10. The summed E-state index contributed by atoms with van der Waals surface area (Å²) in [6, 6.07) is 9.72. The van der Waals surface area contributed by atoms with E-state index in [9.17, 15) is 0 Å². The topological polar surface area (TPSA) is 89.9 Å². The highest BCUT2D eigenvalue weighted by Crippen LogP contribution is 2.29. The fourth-order valence-corrected chi connectivity index (χ4v) is 2.55. The molecule has 23 heavy (non-hydrogen) atoms. The molecule has 0 spiro atoms. The summed E-state index contributed by atoms with van der Waals surface area (Å²) in [5.74, 6) is 1.54. The molecule has 118 valence electrons. The molecule has 0 saturated carbocycles. The van der Waals surface area contributed by atoms with Crippen LogP contribution in [-0.2, 0) is 0 Å². The Morgan fingerprint density at radius 1 is 1.26 bits per heavy atom. The minimum Gasteiger partial charge on any atom is -0.396 e. The summed E-state index contributed by atoms with van der Waals surface area (Å²) in [5, 5.41) is 7.21. The van der Waals surface area contributed by atoms with Gasteiger partial charge in [0, 0.05) is 22.3 Å². The van der Waals surface area contributed by atoms with Crippen LogP contribution in [0.25, 0.3) is 22.8 Å². The van der Waals surface area contributed by atoms with Crippen molar-refractivity contribution in [2.45, 2.75) is 19.9 Å². The van der Waals surface area contributed by atoms with Crippen LogP contribution in [-0.4, -0.2) is 21.2 Å². The van der Waals surface area contributed by atoms with Crippen molar-refractivity contribution in [3.8, 4) is 22.8 Å². The predicted molar refractivity (Wildman–Crippen MR) is 93.8 cm³/mol. The summed E-state index contributed by atoms with van der Waals surface area (Å²) < 4.78 is 6.24. The van der Waals surface area contributed by atoms with Crippen LogP contribution in [0.15, 0.2) is 45.5 Å². The summed E-state index contributed by atoms with van der Waals surface area (Å²) in [6.07, 6.45) is 1.67. The number of rotatable bonds is 4. The maximum Gasteiger partial charge on any atom is 0.259 e. The van der Waals surface area contributed by atoms with E-state index in [1.54, 1.807) is 12.3 Å². The average molecular weight is 374 g/mol. The second kappa shape index (κ2) is 6.37.